The largest absolute Gasteiger partial charge is 0.506 e. The predicted octanol–water partition coefficient (Wildman–Crippen LogP) is 0.971. The second-order valence-electron chi connectivity index (χ2n) is 4.30. The molecule has 106 valence electrons. The number of hydrogen-bond acceptors (Lipinski definition) is 5. The molecule has 1 aromatic carbocycles. The van der Waals surface area contributed by atoms with Gasteiger partial charge in [-0.2, -0.15) is 5.26 Å². The molecular formula is C13H14N2O4S. The van der Waals surface area contributed by atoms with Crippen LogP contribution in [0.5, 0.6) is 0 Å². The minimum absolute atomic E-state index is 0.0678. The zero-order valence-electron chi connectivity index (χ0n) is 11.3. The summed E-state index contributed by atoms with van der Waals surface area (Å²) in [6, 6.07) is 7.25. The number of carbonyl (C=O) groups excluding carboxylic acids is 1. The van der Waals surface area contributed by atoms with Gasteiger partial charge in [-0.25, -0.2) is 8.42 Å². The van der Waals surface area contributed by atoms with Crippen LogP contribution in [-0.2, 0) is 14.6 Å². The summed E-state index contributed by atoms with van der Waals surface area (Å²) in [6.07, 6.45) is 0.985. The van der Waals surface area contributed by atoms with Crippen LogP contribution in [0.3, 0.4) is 0 Å². The Morgan fingerprint density at radius 2 is 1.85 bits per heavy atom. The maximum Gasteiger partial charge on any atom is 0.267 e. The molecule has 0 aromatic heterocycles. The summed E-state index contributed by atoms with van der Waals surface area (Å²) in [4.78, 5) is 12.8. The lowest BCUT2D eigenvalue weighted by molar-refractivity contribution is -0.124. The first-order valence-corrected chi connectivity index (χ1v) is 7.43. The molecule has 0 radical (unpaired) electrons. The molecule has 0 heterocycles. The predicted molar refractivity (Wildman–Crippen MR) is 73.4 cm³/mol. The van der Waals surface area contributed by atoms with Crippen LogP contribution in [0.15, 0.2) is 34.7 Å². The number of likely N-dealkylation sites (N-methyl/N-ethyl adjacent to an activating group) is 1. The minimum atomic E-state index is -3.59. The van der Waals surface area contributed by atoms with E-state index in [2.05, 4.69) is 0 Å². The lowest BCUT2D eigenvalue weighted by Crippen LogP contribution is -2.24. The van der Waals surface area contributed by atoms with Gasteiger partial charge in [-0.05, 0) is 12.1 Å². The number of aliphatic hydroxyl groups is 1. The number of aliphatic hydroxyl groups excluding tert-OH is 1. The highest BCUT2D eigenvalue weighted by atomic mass is 32.2. The van der Waals surface area contributed by atoms with E-state index < -0.39 is 27.1 Å². The first-order chi connectivity index (χ1) is 9.20. The van der Waals surface area contributed by atoms with Crippen molar-refractivity contribution in [1.82, 2.24) is 4.90 Å². The monoisotopic (exact) mass is 294 g/mol. The van der Waals surface area contributed by atoms with Crippen LogP contribution in [0.4, 0.5) is 0 Å². The molecule has 0 aliphatic heterocycles. The van der Waals surface area contributed by atoms with Crippen molar-refractivity contribution < 1.29 is 18.3 Å². The van der Waals surface area contributed by atoms with E-state index in [-0.39, 0.29) is 10.5 Å². The van der Waals surface area contributed by atoms with E-state index in [0.29, 0.717) is 0 Å². The van der Waals surface area contributed by atoms with Crippen LogP contribution >= 0.6 is 0 Å². The Balaban J connectivity index is 3.60. The van der Waals surface area contributed by atoms with E-state index in [1.54, 1.807) is 6.07 Å². The molecular weight excluding hydrogens is 280 g/mol. The van der Waals surface area contributed by atoms with Crippen molar-refractivity contribution in [1.29, 1.82) is 5.26 Å². The molecule has 6 nitrogen and oxygen atoms in total. The molecule has 0 fully saturated rings. The van der Waals surface area contributed by atoms with Gasteiger partial charge in [0.25, 0.3) is 5.91 Å². The van der Waals surface area contributed by atoms with Gasteiger partial charge >= 0.3 is 0 Å². The van der Waals surface area contributed by atoms with Crippen molar-refractivity contribution in [3.8, 4) is 6.07 Å². The van der Waals surface area contributed by atoms with Gasteiger partial charge in [-0.3, -0.25) is 4.79 Å². The van der Waals surface area contributed by atoms with Crippen LogP contribution in [0.2, 0.25) is 0 Å². The summed E-state index contributed by atoms with van der Waals surface area (Å²) in [6.45, 7) is 0. The van der Waals surface area contributed by atoms with Gasteiger partial charge in [0, 0.05) is 25.9 Å². The molecule has 1 rings (SSSR count). The number of rotatable bonds is 3. The van der Waals surface area contributed by atoms with E-state index in [1.165, 1.54) is 38.4 Å². The Kier molecular flexibility index (Phi) is 4.53. The van der Waals surface area contributed by atoms with E-state index in [4.69, 9.17) is 5.26 Å². The van der Waals surface area contributed by atoms with Gasteiger partial charge in [0.1, 0.15) is 11.8 Å². The zero-order chi connectivity index (χ0) is 15.5. The molecule has 0 aliphatic carbocycles. The Morgan fingerprint density at radius 3 is 2.30 bits per heavy atom. The molecule has 0 aliphatic rings. The van der Waals surface area contributed by atoms with Gasteiger partial charge < -0.3 is 10.0 Å². The molecule has 0 bridgehead atoms. The number of amides is 1. The van der Waals surface area contributed by atoms with Crippen LogP contribution in [-0.4, -0.2) is 44.7 Å². The zero-order valence-corrected chi connectivity index (χ0v) is 12.1. The summed E-state index contributed by atoms with van der Waals surface area (Å²) in [5, 5.41) is 19.1. The summed E-state index contributed by atoms with van der Waals surface area (Å²) in [5.74, 6) is -1.35. The topological polar surface area (TPSA) is 98.5 Å². The number of nitriles is 1. The van der Waals surface area contributed by atoms with Gasteiger partial charge in [-0.15, -0.1) is 0 Å². The summed E-state index contributed by atoms with van der Waals surface area (Å²) in [5.41, 5.74) is -0.576. The average molecular weight is 294 g/mol. The fourth-order valence-corrected chi connectivity index (χ4v) is 2.44. The van der Waals surface area contributed by atoms with Gasteiger partial charge in [-0.1, -0.05) is 12.1 Å². The fraction of sp³-hybridized carbons (Fsp3) is 0.231. The molecule has 1 amide bonds. The second kappa shape index (κ2) is 5.75. The first-order valence-electron chi connectivity index (χ1n) is 5.54. The number of hydrogen-bond donors (Lipinski definition) is 1. The Bertz CT molecular complexity index is 712. The minimum Gasteiger partial charge on any atom is -0.506 e. The van der Waals surface area contributed by atoms with Crippen LogP contribution in [0, 0.1) is 11.3 Å². The first kappa shape index (κ1) is 15.7. The van der Waals surface area contributed by atoms with Crippen molar-refractivity contribution in [2.45, 2.75) is 4.90 Å². The normalized spacial score (nSPS) is 12.3. The smallest absolute Gasteiger partial charge is 0.267 e. The Labute approximate surface area is 117 Å². The van der Waals surface area contributed by atoms with E-state index >= 15 is 0 Å². The third kappa shape index (κ3) is 3.16. The molecule has 0 saturated carbocycles. The quantitative estimate of drug-likeness (QED) is 0.509. The van der Waals surface area contributed by atoms with Gasteiger partial charge in [0.05, 0.1) is 4.90 Å². The lowest BCUT2D eigenvalue weighted by atomic mass is 10.1. The van der Waals surface area contributed by atoms with Crippen molar-refractivity contribution >= 4 is 21.5 Å². The number of nitrogens with zero attached hydrogens (tertiary/aromatic N) is 2. The molecule has 0 saturated heterocycles. The second-order valence-corrected chi connectivity index (χ2v) is 6.29. The van der Waals surface area contributed by atoms with E-state index in [9.17, 15) is 18.3 Å². The van der Waals surface area contributed by atoms with Crippen molar-refractivity contribution in [3.63, 3.8) is 0 Å². The third-order valence-electron chi connectivity index (χ3n) is 2.51. The standard InChI is InChI=1S/C13H14N2O4S/c1-15(2)13(17)10(8-14)12(16)9-6-4-5-7-11(9)20(3,18)19/h4-7,16H,1-3H3. The molecule has 20 heavy (non-hydrogen) atoms. The van der Waals surface area contributed by atoms with Crippen molar-refractivity contribution in [3.05, 3.63) is 35.4 Å². The average Bonchev–Trinajstić information content (AvgIpc) is 2.38. The maximum atomic E-state index is 11.8. The fourth-order valence-electron chi connectivity index (χ4n) is 1.55. The number of carbonyl (C=O) groups is 1. The molecule has 1 aromatic rings. The molecule has 0 unspecified atom stereocenters. The maximum absolute atomic E-state index is 11.8. The molecule has 0 spiro atoms. The summed E-state index contributed by atoms with van der Waals surface area (Å²) < 4.78 is 23.3. The Morgan fingerprint density at radius 1 is 1.30 bits per heavy atom. The number of sulfone groups is 1. The van der Waals surface area contributed by atoms with Gasteiger partial charge in [0.15, 0.2) is 15.4 Å². The molecule has 7 heteroatoms. The third-order valence-corrected chi connectivity index (χ3v) is 3.67. The van der Waals surface area contributed by atoms with E-state index in [1.807, 2.05) is 0 Å². The Hall–Kier alpha value is -2.33. The van der Waals surface area contributed by atoms with Gasteiger partial charge in [0.2, 0.25) is 0 Å². The summed E-state index contributed by atoms with van der Waals surface area (Å²) >= 11 is 0. The highest BCUT2D eigenvalue weighted by molar-refractivity contribution is 7.90. The molecule has 0 atom stereocenters. The lowest BCUT2D eigenvalue weighted by Gasteiger charge is -2.12. The van der Waals surface area contributed by atoms with Crippen molar-refractivity contribution in [2.24, 2.45) is 0 Å². The summed E-state index contributed by atoms with van der Waals surface area (Å²) in [7, 11) is -0.743. The highest BCUT2D eigenvalue weighted by Gasteiger charge is 2.22. The SMILES string of the molecule is CN(C)C(=O)C(C#N)=C(O)c1ccccc1S(C)(=O)=O. The number of benzene rings is 1. The highest BCUT2D eigenvalue weighted by Crippen LogP contribution is 2.24. The van der Waals surface area contributed by atoms with E-state index in [0.717, 1.165) is 11.2 Å². The van der Waals surface area contributed by atoms with Crippen LogP contribution in [0.25, 0.3) is 5.76 Å². The van der Waals surface area contributed by atoms with Crippen molar-refractivity contribution in [2.75, 3.05) is 20.4 Å². The van der Waals surface area contributed by atoms with Crippen LogP contribution < -0.4 is 0 Å². The molecule has 1 N–H and O–H groups in total. The van der Waals surface area contributed by atoms with Crippen LogP contribution in [0.1, 0.15) is 5.56 Å².